The van der Waals surface area contributed by atoms with Gasteiger partial charge >= 0.3 is 29.6 Å². The van der Waals surface area contributed by atoms with Crippen molar-refractivity contribution in [2.45, 2.75) is 0 Å². The molecule has 6 heteroatoms. The number of nitrogens with zero attached hydrogens (tertiary/aromatic N) is 1. The third-order valence-electron chi connectivity index (χ3n) is 1.36. The first-order chi connectivity index (χ1) is 5.65. The van der Waals surface area contributed by atoms with Crippen molar-refractivity contribution in [2.75, 3.05) is 7.11 Å². The third kappa shape index (κ3) is 2.87. The van der Waals surface area contributed by atoms with Gasteiger partial charge in [-0.05, 0) is 6.07 Å². The molecule has 0 fully saturated rings. The van der Waals surface area contributed by atoms with Crippen molar-refractivity contribution in [3.8, 4) is 11.5 Å². The number of ether oxygens (including phenoxy) is 1. The Hall–Kier alpha value is -0.780. The van der Waals surface area contributed by atoms with Gasteiger partial charge in [0.15, 0.2) is 0 Å². The van der Waals surface area contributed by atoms with E-state index < -0.39 is 10.7 Å². The topological polar surface area (TPSA) is 75.4 Å². The zero-order chi connectivity index (χ0) is 9.14. The first-order valence-electron chi connectivity index (χ1n) is 3.14. The smallest absolute Gasteiger partial charge is 0.870 e. The van der Waals surface area contributed by atoms with Gasteiger partial charge in [0.1, 0.15) is 5.75 Å². The number of rotatable bonds is 2. The molecule has 0 saturated heterocycles. The molecule has 0 N–H and O–H groups in total. The molecule has 1 aromatic rings. The Bertz CT molecular complexity index is 315. The number of methoxy groups -OCH3 is 1. The summed E-state index contributed by atoms with van der Waals surface area (Å²) in [5.74, 6) is -0.368. The Morgan fingerprint density at radius 2 is 2.08 bits per heavy atom. The van der Waals surface area contributed by atoms with E-state index in [9.17, 15) is 15.2 Å². The molecule has 0 bridgehead atoms. The van der Waals surface area contributed by atoms with Crippen LogP contribution in [0, 0.1) is 10.1 Å². The first-order valence-corrected chi connectivity index (χ1v) is 3.14. The van der Waals surface area contributed by atoms with Crippen molar-refractivity contribution in [2.24, 2.45) is 0 Å². The molecule has 5 nitrogen and oxygen atoms in total. The minimum absolute atomic E-state index is 0. The predicted molar refractivity (Wildman–Crippen MR) is 39.1 cm³/mol. The van der Waals surface area contributed by atoms with Crippen molar-refractivity contribution in [1.29, 1.82) is 0 Å². The molecule has 0 aliphatic carbocycles. The van der Waals surface area contributed by atoms with E-state index in [-0.39, 0.29) is 41.0 Å². The SMILES string of the molecule is COc1ccc([N+](=O)[O-])cc1[O-].[Na+]. The van der Waals surface area contributed by atoms with Crippen molar-refractivity contribution < 1.29 is 44.3 Å². The van der Waals surface area contributed by atoms with Crippen molar-refractivity contribution in [1.82, 2.24) is 0 Å². The summed E-state index contributed by atoms with van der Waals surface area (Å²) in [6.07, 6.45) is 0. The quantitative estimate of drug-likeness (QED) is 0.299. The van der Waals surface area contributed by atoms with Gasteiger partial charge in [0.2, 0.25) is 0 Å². The van der Waals surface area contributed by atoms with Gasteiger partial charge in [-0.25, -0.2) is 0 Å². The second kappa shape index (κ2) is 5.06. The van der Waals surface area contributed by atoms with Crippen LogP contribution in [0.15, 0.2) is 18.2 Å². The largest absolute Gasteiger partial charge is 1.00 e. The van der Waals surface area contributed by atoms with Gasteiger partial charge in [0, 0.05) is 12.1 Å². The molecule has 0 aliphatic rings. The maximum Gasteiger partial charge on any atom is 1.00 e. The van der Waals surface area contributed by atoms with E-state index >= 15 is 0 Å². The second-order valence-electron chi connectivity index (χ2n) is 2.09. The van der Waals surface area contributed by atoms with Gasteiger partial charge in [-0.15, -0.1) is 0 Å². The van der Waals surface area contributed by atoms with Crippen LogP contribution in [0.25, 0.3) is 0 Å². The van der Waals surface area contributed by atoms with Gasteiger partial charge in [0.05, 0.1) is 12.0 Å². The van der Waals surface area contributed by atoms with E-state index in [1.165, 1.54) is 19.2 Å². The Balaban J connectivity index is 0.00000144. The second-order valence-corrected chi connectivity index (χ2v) is 2.09. The number of hydrogen-bond acceptors (Lipinski definition) is 4. The Labute approximate surface area is 96.8 Å². The number of nitro groups is 1. The van der Waals surface area contributed by atoms with Crippen LogP contribution >= 0.6 is 0 Å². The number of hydrogen-bond donors (Lipinski definition) is 0. The summed E-state index contributed by atoms with van der Waals surface area (Å²) in [6.45, 7) is 0. The van der Waals surface area contributed by atoms with Crippen molar-refractivity contribution >= 4 is 5.69 Å². The standard InChI is InChI=1S/C7H7NO4.Na/c1-12-7-3-2-5(8(10)11)4-6(7)9;/h2-4,9H,1H3;/q;+1/p-1. The van der Waals surface area contributed by atoms with Gasteiger partial charge < -0.3 is 9.84 Å². The van der Waals surface area contributed by atoms with E-state index in [4.69, 9.17) is 0 Å². The van der Waals surface area contributed by atoms with Crippen molar-refractivity contribution in [3.05, 3.63) is 28.3 Å². The number of non-ortho nitro benzene ring substituents is 1. The van der Waals surface area contributed by atoms with Crippen LogP contribution in [0.4, 0.5) is 5.69 Å². The molecule has 64 valence electrons. The molecule has 1 rings (SSSR count). The number of benzene rings is 1. The molecule has 0 spiro atoms. The summed E-state index contributed by atoms with van der Waals surface area (Å²) >= 11 is 0. The van der Waals surface area contributed by atoms with Crippen LogP contribution in [-0.2, 0) is 0 Å². The van der Waals surface area contributed by atoms with E-state index in [1.807, 2.05) is 0 Å². The van der Waals surface area contributed by atoms with Crippen LogP contribution < -0.4 is 39.4 Å². The molecule has 0 saturated carbocycles. The van der Waals surface area contributed by atoms with Crippen LogP contribution in [0.2, 0.25) is 0 Å². The summed E-state index contributed by atoms with van der Waals surface area (Å²) in [6, 6.07) is 3.43. The van der Waals surface area contributed by atoms with Crippen LogP contribution in [0.3, 0.4) is 0 Å². The monoisotopic (exact) mass is 191 g/mol. The molecular formula is C7H6NNaO4. The molecule has 13 heavy (non-hydrogen) atoms. The zero-order valence-corrected chi connectivity index (χ0v) is 9.31. The molecule has 0 aromatic heterocycles. The maximum atomic E-state index is 10.9. The fraction of sp³-hybridized carbons (Fsp3) is 0.143. The van der Waals surface area contributed by atoms with Crippen molar-refractivity contribution in [3.63, 3.8) is 0 Å². The van der Waals surface area contributed by atoms with Gasteiger partial charge in [0.25, 0.3) is 5.69 Å². The molecular weight excluding hydrogens is 185 g/mol. The first kappa shape index (κ1) is 12.2. The van der Waals surface area contributed by atoms with E-state index in [0.29, 0.717) is 0 Å². The molecule has 0 unspecified atom stereocenters. The normalized spacial score (nSPS) is 8.69. The maximum absolute atomic E-state index is 10.9. The van der Waals surface area contributed by atoms with E-state index in [0.717, 1.165) is 6.07 Å². The van der Waals surface area contributed by atoms with E-state index in [2.05, 4.69) is 4.74 Å². The average Bonchev–Trinajstić information content (AvgIpc) is 2.04. The van der Waals surface area contributed by atoms with E-state index in [1.54, 1.807) is 0 Å². The average molecular weight is 191 g/mol. The molecule has 0 atom stereocenters. The zero-order valence-electron chi connectivity index (χ0n) is 7.31. The molecule has 0 heterocycles. The van der Waals surface area contributed by atoms with Crippen LogP contribution in [0.5, 0.6) is 11.5 Å². The fourth-order valence-electron chi connectivity index (χ4n) is 0.779. The molecule has 0 aliphatic heterocycles. The molecule has 1 aromatic carbocycles. The van der Waals surface area contributed by atoms with Gasteiger partial charge in [-0.3, -0.25) is 10.1 Å². The minimum atomic E-state index is -0.624. The third-order valence-corrected chi connectivity index (χ3v) is 1.36. The summed E-state index contributed by atoms with van der Waals surface area (Å²) in [4.78, 5) is 9.55. The van der Waals surface area contributed by atoms with Gasteiger partial charge in [-0.2, -0.15) is 0 Å². The van der Waals surface area contributed by atoms with Crippen LogP contribution in [-0.4, -0.2) is 12.0 Å². The van der Waals surface area contributed by atoms with Gasteiger partial charge in [-0.1, -0.05) is 5.75 Å². The molecule has 0 amide bonds. The summed E-state index contributed by atoms with van der Waals surface area (Å²) in [5.41, 5.74) is -0.221. The Morgan fingerprint density at radius 3 is 2.46 bits per heavy atom. The minimum Gasteiger partial charge on any atom is -0.870 e. The fourth-order valence-corrected chi connectivity index (χ4v) is 0.779. The predicted octanol–water partition coefficient (Wildman–Crippen LogP) is -2.32. The summed E-state index contributed by atoms with van der Waals surface area (Å²) < 4.78 is 4.64. The van der Waals surface area contributed by atoms with Crippen LogP contribution in [0.1, 0.15) is 0 Å². The Morgan fingerprint density at radius 1 is 1.46 bits per heavy atom. The summed E-state index contributed by atoms with van der Waals surface area (Å²) in [5, 5.41) is 21.1. The molecule has 0 radical (unpaired) electrons. The number of nitro benzene ring substituents is 1. The summed E-state index contributed by atoms with van der Waals surface area (Å²) in [7, 11) is 1.34. The Kier molecular flexibility index (Phi) is 4.76.